The summed E-state index contributed by atoms with van der Waals surface area (Å²) in [5.41, 5.74) is 1.28. The Morgan fingerprint density at radius 1 is 1.40 bits per heavy atom. The van der Waals surface area contributed by atoms with E-state index in [1.54, 1.807) is 0 Å². The smallest absolute Gasteiger partial charge is 0.224 e. The monoisotopic (exact) mass is 292 g/mol. The van der Waals surface area contributed by atoms with Gasteiger partial charge in [0.25, 0.3) is 0 Å². The molecule has 1 heterocycles. The molecule has 20 heavy (non-hydrogen) atoms. The largest absolute Gasteiger partial charge is 0.349 e. The van der Waals surface area contributed by atoms with Gasteiger partial charge in [-0.2, -0.15) is 0 Å². The average Bonchev–Trinajstić information content (AvgIpc) is 3.13. The molecule has 1 aliphatic carbocycles. The molecule has 0 radical (unpaired) electrons. The standard InChI is InChI=1S/C16H21ClN2O/c1-11(12-4-2-3-5-14(12)17)19-15(20)13-10-16(13)6-8-18-9-7-16/h2-5,11,13,18H,6-10H2,1H3,(H,19,20). The lowest BCUT2D eigenvalue weighted by atomic mass is 9.91. The quantitative estimate of drug-likeness (QED) is 0.899. The zero-order chi connectivity index (χ0) is 14.2. The Morgan fingerprint density at radius 3 is 2.80 bits per heavy atom. The Labute approximate surface area is 125 Å². The van der Waals surface area contributed by atoms with Gasteiger partial charge in [-0.1, -0.05) is 29.8 Å². The molecule has 2 fully saturated rings. The van der Waals surface area contributed by atoms with E-state index in [0.717, 1.165) is 37.9 Å². The van der Waals surface area contributed by atoms with E-state index in [0.29, 0.717) is 5.02 Å². The summed E-state index contributed by atoms with van der Waals surface area (Å²) in [5.74, 6) is 0.397. The first kappa shape index (κ1) is 13.9. The maximum absolute atomic E-state index is 12.4. The van der Waals surface area contributed by atoms with E-state index in [-0.39, 0.29) is 23.3 Å². The molecular weight excluding hydrogens is 272 g/mol. The van der Waals surface area contributed by atoms with Crippen molar-refractivity contribution in [2.45, 2.75) is 32.2 Å². The Balaban J connectivity index is 1.61. The fourth-order valence-electron chi connectivity index (χ4n) is 3.41. The van der Waals surface area contributed by atoms with E-state index in [2.05, 4.69) is 10.6 Å². The van der Waals surface area contributed by atoms with Crippen molar-refractivity contribution in [3.8, 4) is 0 Å². The molecule has 1 amide bonds. The SMILES string of the molecule is CC(NC(=O)C1CC12CCNCC2)c1ccccc1Cl. The first-order valence-electron chi connectivity index (χ1n) is 7.38. The lowest BCUT2D eigenvalue weighted by molar-refractivity contribution is -0.123. The topological polar surface area (TPSA) is 41.1 Å². The second-order valence-electron chi connectivity index (χ2n) is 6.12. The van der Waals surface area contributed by atoms with E-state index in [9.17, 15) is 4.79 Å². The van der Waals surface area contributed by atoms with Gasteiger partial charge in [0.2, 0.25) is 5.91 Å². The molecule has 1 aromatic rings. The number of halogens is 1. The predicted octanol–water partition coefficient (Wildman–Crippen LogP) is 2.91. The number of amides is 1. The molecule has 1 aliphatic heterocycles. The van der Waals surface area contributed by atoms with Crippen LogP contribution >= 0.6 is 11.6 Å². The van der Waals surface area contributed by atoms with Gasteiger partial charge >= 0.3 is 0 Å². The number of hydrogen-bond donors (Lipinski definition) is 2. The molecule has 2 atom stereocenters. The van der Waals surface area contributed by atoms with E-state index in [4.69, 9.17) is 11.6 Å². The Morgan fingerprint density at radius 2 is 2.10 bits per heavy atom. The molecule has 1 spiro atoms. The number of piperidine rings is 1. The van der Waals surface area contributed by atoms with Gasteiger partial charge in [-0.05, 0) is 56.3 Å². The van der Waals surface area contributed by atoms with E-state index in [1.165, 1.54) is 0 Å². The summed E-state index contributed by atoms with van der Waals surface area (Å²) in [6.07, 6.45) is 3.31. The van der Waals surface area contributed by atoms with Gasteiger partial charge in [0.15, 0.2) is 0 Å². The highest BCUT2D eigenvalue weighted by Crippen LogP contribution is 2.58. The second-order valence-corrected chi connectivity index (χ2v) is 6.53. The Hall–Kier alpha value is -1.06. The molecule has 1 saturated heterocycles. The predicted molar refractivity (Wildman–Crippen MR) is 80.7 cm³/mol. The van der Waals surface area contributed by atoms with E-state index in [1.807, 2.05) is 31.2 Å². The van der Waals surface area contributed by atoms with Crippen LogP contribution in [0.1, 0.15) is 37.8 Å². The normalized spacial score (nSPS) is 25.2. The van der Waals surface area contributed by atoms with Crippen molar-refractivity contribution in [3.05, 3.63) is 34.9 Å². The van der Waals surface area contributed by atoms with Gasteiger partial charge < -0.3 is 10.6 Å². The average molecular weight is 293 g/mol. The first-order chi connectivity index (χ1) is 9.62. The third-order valence-electron chi connectivity index (χ3n) is 4.84. The van der Waals surface area contributed by atoms with Gasteiger partial charge in [0.05, 0.1) is 6.04 Å². The maximum atomic E-state index is 12.4. The minimum absolute atomic E-state index is 0.0319. The third kappa shape index (κ3) is 2.57. The van der Waals surface area contributed by atoms with Crippen molar-refractivity contribution >= 4 is 17.5 Å². The molecule has 1 aromatic carbocycles. The second kappa shape index (κ2) is 5.38. The molecule has 3 rings (SSSR count). The van der Waals surface area contributed by atoms with Crippen molar-refractivity contribution in [3.63, 3.8) is 0 Å². The zero-order valence-electron chi connectivity index (χ0n) is 11.8. The number of rotatable bonds is 3. The fourth-order valence-corrected chi connectivity index (χ4v) is 3.71. The lowest BCUT2D eigenvalue weighted by Crippen LogP contribution is -2.34. The molecule has 1 saturated carbocycles. The van der Waals surface area contributed by atoms with Crippen LogP contribution < -0.4 is 10.6 Å². The van der Waals surface area contributed by atoms with Crippen LogP contribution in [-0.4, -0.2) is 19.0 Å². The number of hydrogen-bond acceptors (Lipinski definition) is 2. The molecule has 2 unspecified atom stereocenters. The Kier molecular flexibility index (Phi) is 3.74. The van der Waals surface area contributed by atoms with Gasteiger partial charge in [-0.25, -0.2) is 0 Å². The molecule has 4 heteroatoms. The van der Waals surface area contributed by atoms with Crippen LogP contribution in [0.4, 0.5) is 0 Å². The van der Waals surface area contributed by atoms with Crippen LogP contribution in [0.2, 0.25) is 5.02 Å². The summed E-state index contributed by atoms with van der Waals surface area (Å²) < 4.78 is 0. The maximum Gasteiger partial charge on any atom is 0.224 e. The van der Waals surface area contributed by atoms with Gasteiger partial charge in [-0.3, -0.25) is 4.79 Å². The van der Waals surface area contributed by atoms with Crippen molar-refractivity contribution in [2.75, 3.05) is 13.1 Å². The summed E-state index contributed by atoms with van der Waals surface area (Å²) in [6, 6.07) is 7.67. The van der Waals surface area contributed by atoms with Gasteiger partial charge in [0.1, 0.15) is 0 Å². The van der Waals surface area contributed by atoms with Crippen LogP contribution in [0, 0.1) is 11.3 Å². The minimum Gasteiger partial charge on any atom is -0.349 e. The van der Waals surface area contributed by atoms with Crippen molar-refractivity contribution in [2.24, 2.45) is 11.3 Å². The van der Waals surface area contributed by atoms with Crippen LogP contribution in [0.25, 0.3) is 0 Å². The first-order valence-corrected chi connectivity index (χ1v) is 7.76. The molecule has 3 nitrogen and oxygen atoms in total. The number of carbonyl (C=O) groups excluding carboxylic acids is 1. The zero-order valence-corrected chi connectivity index (χ0v) is 12.5. The van der Waals surface area contributed by atoms with E-state index >= 15 is 0 Å². The van der Waals surface area contributed by atoms with Crippen LogP contribution in [0.3, 0.4) is 0 Å². The number of benzene rings is 1. The van der Waals surface area contributed by atoms with Gasteiger partial charge in [0, 0.05) is 10.9 Å². The summed E-state index contributed by atoms with van der Waals surface area (Å²) in [6.45, 7) is 4.09. The molecule has 2 N–H and O–H groups in total. The number of carbonyl (C=O) groups is 1. The molecule has 0 bridgehead atoms. The molecule has 0 aromatic heterocycles. The van der Waals surface area contributed by atoms with Crippen molar-refractivity contribution in [1.29, 1.82) is 0 Å². The summed E-state index contributed by atoms with van der Waals surface area (Å²) in [4.78, 5) is 12.4. The molecule has 108 valence electrons. The number of nitrogens with one attached hydrogen (secondary N) is 2. The van der Waals surface area contributed by atoms with Crippen LogP contribution in [-0.2, 0) is 4.79 Å². The van der Waals surface area contributed by atoms with Crippen LogP contribution in [0.5, 0.6) is 0 Å². The Bertz CT molecular complexity index is 511. The van der Waals surface area contributed by atoms with Crippen molar-refractivity contribution < 1.29 is 4.79 Å². The van der Waals surface area contributed by atoms with Gasteiger partial charge in [-0.15, -0.1) is 0 Å². The van der Waals surface area contributed by atoms with Crippen molar-refractivity contribution in [1.82, 2.24) is 10.6 Å². The fraction of sp³-hybridized carbons (Fsp3) is 0.562. The lowest BCUT2D eigenvalue weighted by Gasteiger charge is -2.24. The minimum atomic E-state index is -0.0319. The molecular formula is C16H21ClN2O. The summed E-state index contributed by atoms with van der Waals surface area (Å²) in [5, 5.41) is 7.21. The molecule has 2 aliphatic rings. The highest BCUT2D eigenvalue weighted by atomic mass is 35.5. The highest BCUT2D eigenvalue weighted by Gasteiger charge is 2.57. The van der Waals surface area contributed by atoms with E-state index < -0.39 is 0 Å². The van der Waals surface area contributed by atoms with Crippen LogP contribution in [0.15, 0.2) is 24.3 Å². The highest BCUT2D eigenvalue weighted by molar-refractivity contribution is 6.31. The third-order valence-corrected chi connectivity index (χ3v) is 5.18. The summed E-state index contributed by atoms with van der Waals surface area (Å²) >= 11 is 6.18. The summed E-state index contributed by atoms with van der Waals surface area (Å²) in [7, 11) is 0.